The van der Waals surface area contributed by atoms with Crippen molar-refractivity contribution in [1.82, 2.24) is 4.90 Å². The number of aliphatic hydroxyl groups is 2. The number of amides is 3. The quantitative estimate of drug-likeness (QED) is 0.391. The van der Waals surface area contributed by atoms with Crippen molar-refractivity contribution in [3.05, 3.63) is 107 Å². The van der Waals surface area contributed by atoms with E-state index in [0.29, 0.717) is 36.4 Å². The number of hydrogen-bond acceptors (Lipinski definition) is 6. The Bertz CT molecular complexity index is 1570. The van der Waals surface area contributed by atoms with Crippen molar-refractivity contribution in [2.75, 3.05) is 29.6 Å². The summed E-state index contributed by atoms with van der Waals surface area (Å²) in [6.07, 6.45) is 3.58. The van der Waals surface area contributed by atoms with Crippen molar-refractivity contribution in [3.63, 3.8) is 0 Å². The second-order valence-corrected chi connectivity index (χ2v) is 11.4. The van der Waals surface area contributed by atoms with Gasteiger partial charge in [0.05, 0.1) is 31.4 Å². The first-order valence-corrected chi connectivity index (χ1v) is 14.6. The molecule has 6 rings (SSSR count). The standard InChI is InChI=1S/C34H35N3O6/c1-23(8-7-13-31(39)36-21-26-12-6-5-11-25(26)18-28(36)22-38)34(42)29-19-27(35-16-17-43-33(35)41)14-15-30(29)37(32(34)40)20-24-9-3-2-4-10-24/h2-12,14-15,19,23,28,38,42H,13,16-18,20-22H2,1H3/b8-7+/t23-,28-,34+/m0/s1. The lowest BCUT2D eigenvalue weighted by Crippen LogP contribution is -2.46. The molecule has 222 valence electrons. The molecule has 3 amide bonds. The summed E-state index contributed by atoms with van der Waals surface area (Å²) in [6, 6.07) is 22.4. The molecule has 1 saturated heterocycles. The van der Waals surface area contributed by atoms with E-state index in [-0.39, 0.29) is 38.1 Å². The topological polar surface area (TPSA) is 111 Å². The molecule has 3 aliphatic rings. The van der Waals surface area contributed by atoms with Crippen molar-refractivity contribution >= 4 is 29.3 Å². The normalized spacial score (nSPS) is 22.1. The number of anilines is 2. The average molecular weight is 582 g/mol. The molecule has 1 fully saturated rings. The van der Waals surface area contributed by atoms with Crippen LogP contribution >= 0.6 is 0 Å². The molecule has 0 bridgehead atoms. The number of nitrogens with zero attached hydrogens (tertiary/aromatic N) is 3. The molecule has 0 aliphatic carbocycles. The summed E-state index contributed by atoms with van der Waals surface area (Å²) >= 11 is 0. The van der Waals surface area contributed by atoms with Gasteiger partial charge in [-0.2, -0.15) is 0 Å². The molecule has 0 saturated carbocycles. The van der Waals surface area contributed by atoms with Crippen LogP contribution in [0.2, 0.25) is 0 Å². The number of carbonyl (C=O) groups is 3. The molecule has 2 N–H and O–H groups in total. The minimum Gasteiger partial charge on any atom is -0.447 e. The summed E-state index contributed by atoms with van der Waals surface area (Å²) < 4.78 is 5.10. The van der Waals surface area contributed by atoms with Crippen molar-refractivity contribution < 1.29 is 29.3 Å². The van der Waals surface area contributed by atoms with Gasteiger partial charge in [-0.05, 0) is 41.3 Å². The number of ether oxygens (including phenoxy) is 1. The van der Waals surface area contributed by atoms with Gasteiger partial charge in [-0.1, -0.05) is 73.7 Å². The molecule has 3 aromatic rings. The van der Waals surface area contributed by atoms with E-state index in [4.69, 9.17) is 4.74 Å². The Hall–Kier alpha value is -4.47. The molecule has 0 unspecified atom stereocenters. The van der Waals surface area contributed by atoms with Crippen LogP contribution in [0.25, 0.3) is 0 Å². The summed E-state index contributed by atoms with van der Waals surface area (Å²) in [7, 11) is 0. The minimum absolute atomic E-state index is 0.0630. The van der Waals surface area contributed by atoms with E-state index in [1.165, 1.54) is 4.90 Å². The van der Waals surface area contributed by atoms with Crippen molar-refractivity contribution in [2.24, 2.45) is 5.92 Å². The van der Waals surface area contributed by atoms with E-state index in [1.807, 2.05) is 54.6 Å². The number of fused-ring (bicyclic) bond motifs is 2. The summed E-state index contributed by atoms with van der Waals surface area (Å²) in [5.74, 6) is -1.30. The molecular formula is C34H35N3O6. The summed E-state index contributed by atoms with van der Waals surface area (Å²) in [5, 5.41) is 22.1. The zero-order chi connectivity index (χ0) is 30.1. The van der Waals surface area contributed by atoms with Gasteiger partial charge in [-0.15, -0.1) is 0 Å². The molecule has 3 aliphatic heterocycles. The average Bonchev–Trinajstić information content (AvgIpc) is 3.55. The number of rotatable bonds is 8. The van der Waals surface area contributed by atoms with Gasteiger partial charge >= 0.3 is 6.09 Å². The first-order valence-electron chi connectivity index (χ1n) is 14.6. The maximum atomic E-state index is 14.0. The van der Waals surface area contributed by atoms with Gasteiger partial charge in [0.25, 0.3) is 5.91 Å². The highest BCUT2D eigenvalue weighted by Gasteiger charge is 2.53. The van der Waals surface area contributed by atoms with Crippen molar-refractivity contribution in [1.29, 1.82) is 0 Å². The molecule has 0 radical (unpaired) electrons. The Morgan fingerprint density at radius 3 is 2.53 bits per heavy atom. The van der Waals surface area contributed by atoms with E-state index < -0.39 is 23.5 Å². The number of hydrogen-bond donors (Lipinski definition) is 2. The van der Waals surface area contributed by atoms with E-state index in [9.17, 15) is 24.6 Å². The second kappa shape index (κ2) is 11.7. The summed E-state index contributed by atoms with van der Waals surface area (Å²) in [6.45, 7) is 2.97. The highest BCUT2D eigenvalue weighted by molar-refractivity contribution is 6.08. The second-order valence-electron chi connectivity index (χ2n) is 11.4. The first-order chi connectivity index (χ1) is 20.8. The van der Waals surface area contributed by atoms with Gasteiger partial charge in [0.2, 0.25) is 5.91 Å². The first kappa shape index (κ1) is 28.6. The maximum absolute atomic E-state index is 14.0. The van der Waals surface area contributed by atoms with E-state index >= 15 is 0 Å². The van der Waals surface area contributed by atoms with Crippen LogP contribution in [0.1, 0.15) is 35.6 Å². The molecule has 0 spiro atoms. The number of cyclic esters (lactones) is 1. The van der Waals surface area contributed by atoms with Crippen molar-refractivity contribution in [3.8, 4) is 0 Å². The molecule has 43 heavy (non-hydrogen) atoms. The van der Waals surface area contributed by atoms with Crippen LogP contribution in [0.15, 0.2) is 84.9 Å². The van der Waals surface area contributed by atoms with Crippen molar-refractivity contribution in [2.45, 2.75) is 44.5 Å². The predicted molar refractivity (Wildman–Crippen MR) is 161 cm³/mol. The Labute approximate surface area is 250 Å². The molecular weight excluding hydrogens is 546 g/mol. The smallest absolute Gasteiger partial charge is 0.414 e. The van der Waals surface area contributed by atoms with Gasteiger partial charge in [0, 0.05) is 30.1 Å². The third kappa shape index (κ3) is 5.19. The monoisotopic (exact) mass is 581 g/mol. The fourth-order valence-corrected chi connectivity index (χ4v) is 6.33. The lowest BCUT2D eigenvalue weighted by Gasteiger charge is -2.36. The fourth-order valence-electron chi connectivity index (χ4n) is 6.33. The number of carbonyl (C=O) groups excluding carboxylic acids is 3. The van der Waals surface area contributed by atoms with Gasteiger partial charge in [-0.25, -0.2) is 4.79 Å². The SMILES string of the molecule is C[C@@H](/C=C/CC(=O)N1Cc2ccccc2C[C@H]1CO)[C@]1(O)C(=O)N(Cc2ccccc2)c2ccc(N3CCOC3=O)cc21. The van der Waals surface area contributed by atoms with Gasteiger partial charge in [0.1, 0.15) is 6.61 Å². The Morgan fingerprint density at radius 2 is 1.81 bits per heavy atom. The number of aliphatic hydroxyl groups excluding tert-OH is 1. The molecule has 9 nitrogen and oxygen atoms in total. The molecule has 3 atom stereocenters. The van der Waals surface area contributed by atoms with Gasteiger partial charge in [0.15, 0.2) is 5.60 Å². The highest BCUT2D eigenvalue weighted by Crippen LogP contribution is 2.47. The Morgan fingerprint density at radius 1 is 1.07 bits per heavy atom. The zero-order valence-corrected chi connectivity index (χ0v) is 24.1. The fraction of sp³-hybridized carbons (Fsp3) is 0.324. The lowest BCUT2D eigenvalue weighted by molar-refractivity contribution is -0.139. The van der Waals surface area contributed by atoms with E-state index in [2.05, 4.69) is 0 Å². The molecule has 3 aromatic carbocycles. The maximum Gasteiger partial charge on any atom is 0.414 e. The highest BCUT2D eigenvalue weighted by atomic mass is 16.6. The number of benzene rings is 3. The summed E-state index contributed by atoms with van der Waals surface area (Å²) in [5.41, 5.74) is 2.72. The van der Waals surface area contributed by atoms with Crippen LogP contribution in [0.4, 0.5) is 16.2 Å². The summed E-state index contributed by atoms with van der Waals surface area (Å²) in [4.78, 5) is 44.3. The van der Waals surface area contributed by atoms with Gasteiger partial charge < -0.3 is 24.7 Å². The van der Waals surface area contributed by atoms with Crippen LogP contribution in [-0.4, -0.2) is 58.8 Å². The van der Waals surface area contributed by atoms with Crippen LogP contribution in [-0.2, 0) is 39.4 Å². The van der Waals surface area contributed by atoms with Crippen LogP contribution in [0.3, 0.4) is 0 Å². The minimum atomic E-state index is -1.92. The third-order valence-electron chi connectivity index (χ3n) is 8.77. The Balaban J connectivity index is 1.26. The molecule has 3 heterocycles. The molecule has 9 heteroatoms. The van der Waals surface area contributed by atoms with Crippen LogP contribution in [0.5, 0.6) is 0 Å². The van der Waals surface area contributed by atoms with E-state index in [1.54, 1.807) is 47.1 Å². The molecule has 0 aromatic heterocycles. The van der Waals surface area contributed by atoms with Crippen LogP contribution in [0, 0.1) is 5.92 Å². The van der Waals surface area contributed by atoms with E-state index in [0.717, 1.165) is 16.7 Å². The predicted octanol–water partition coefficient (Wildman–Crippen LogP) is 3.91. The van der Waals surface area contributed by atoms with Crippen LogP contribution < -0.4 is 9.80 Å². The lowest BCUT2D eigenvalue weighted by atomic mass is 9.82. The zero-order valence-electron chi connectivity index (χ0n) is 24.1. The Kier molecular flexibility index (Phi) is 7.77. The van der Waals surface area contributed by atoms with Gasteiger partial charge in [-0.3, -0.25) is 14.5 Å². The third-order valence-corrected chi connectivity index (χ3v) is 8.77. The largest absolute Gasteiger partial charge is 0.447 e.